The molecule has 0 saturated carbocycles. The number of aliphatic hydroxyl groups is 3. The summed E-state index contributed by atoms with van der Waals surface area (Å²) in [4.78, 5) is 0. The predicted octanol–water partition coefficient (Wildman–Crippen LogP) is 11.8. The Balaban J connectivity index is 0.00000142. The van der Waals surface area contributed by atoms with Gasteiger partial charge in [-0.2, -0.15) is 0 Å². The predicted molar refractivity (Wildman–Crippen MR) is 268 cm³/mol. The number of ether oxygens (including phenoxy) is 3. The molecule has 0 radical (unpaired) electrons. The number of phenols is 4. The third kappa shape index (κ3) is 23.7. The Hall–Kier alpha value is -5.72. The van der Waals surface area contributed by atoms with Gasteiger partial charge in [-0.15, -0.1) is 0 Å². The minimum Gasteiger partial charge on any atom is -0.508 e. The number of aromatic hydroxyl groups is 4. The Bertz CT molecular complexity index is 1880. The van der Waals surface area contributed by atoms with Crippen LogP contribution in [-0.4, -0.2) is 96.7 Å². The fourth-order valence-electron chi connectivity index (χ4n) is 5.26. The number of rotatable bonds is 12. The number of benzene rings is 6. The largest absolute Gasteiger partial charge is 0.508 e. The summed E-state index contributed by atoms with van der Waals surface area (Å²) in [6.07, 6.45) is 2.62. The van der Waals surface area contributed by atoms with Crippen LogP contribution in [0, 0.1) is 0 Å². The molecule has 0 aromatic heterocycles. The van der Waals surface area contributed by atoms with Crippen molar-refractivity contribution in [2.24, 2.45) is 0 Å². The van der Waals surface area contributed by atoms with Gasteiger partial charge in [0.15, 0.2) is 0 Å². The Morgan fingerprint density at radius 1 is 0.369 bits per heavy atom. The fourth-order valence-corrected chi connectivity index (χ4v) is 5.26. The molecule has 6 aromatic rings. The van der Waals surface area contributed by atoms with E-state index in [1.165, 1.54) is 0 Å². The maximum absolute atomic E-state index is 11.2. The molecule has 0 aliphatic rings. The maximum Gasteiger partial charge on any atom is 0.119 e. The number of methoxy groups -OCH3 is 3. The quantitative estimate of drug-likeness (QED) is 0.0587. The van der Waals surface area contributed by atoms with Crippen LogP contribution in [0.2, 0.25) is 0 Å². The summed E-state index contributed by atoms with van der Waals surface area (Å²) in [5.41, 5.74) is 7.88. The highest BCUT2D eigenvalue weighted by molar-refractivity contribution is 5.71. The average Bonchev–Trinajstić information content (AvgIpc) is 3.36. The second-order valence-corrected chi connectivity index (χ2v) is 14.0. The van der Waals surface area contributed by atoms with Gasteiger partial charge in [-0.05, 0) is 128 Å². The van der Waals surface area contributed by atoms with Gasteiger partial charge in [-0.3, -0.25) is 0 Å². The summed E-state index contributed by atoms with van der Waals surface area (Å²) < 4.78 is 13.6. The number of aliphatic hydroxyl groups excluding tert-OH is 3. The van der Waals surface area contributed by atoms with Crippen molar-refractivity contribution in [1.82, 2.24) is 0 Å². The van der Waals surface area contributed by atoms with Crippen molar-refractivity contribution in [2.45, 2.75) is 66.7 Å². The van der Waals surface area contributed by atoms with Crippen molar-refractivity contribution in [2.75, 3.05) is 61.0 Å². The monoisotopic (exact) mass is 897 g/mol. The SMILES string of the molecule is CCCO.CCCO.CCCO.CCOC.CCOC.CCOC.Oc1ccc(-c2ccc(O)c(C(c3ccc(-c4ccccc4)cc3)c3cc(-c4ccc(O)cc4)ccc3O)c2)cc1. The van der Waals surface area contributed by atoms with Gasteiger partial charge >= 0.3 is 0 Å². The van der Waals surface area contributed by atoms with Crippen molar-refractivity contribution in [3.63, 3.8) is 0 Å². The molecule has 0 aliphatic heterocycles. The summed E-state index contributed by atoms with van der Waals surface area (Å²) in [5.74, 6) is 0.0901. The first-order valence-corrected chi connectivity index (χ1v) is 22.1. The van der Waals surface area contributed by atoms with E-state index in [0.29, 0.717) is 30.9 Å². The van der Waals surface area contributed by atoms with Crippen molar-refractivity contribution >= 4 is 0 Å². The first-order chi connectivity index (χ1) is 31.4. The maximum atomic E-state index is 11.2. The lowest BCUT2D eigenvalue weighted by Gasteiger charge is -2.23. The summed E-state index contributed by atoms with van der Waals surface area (Å²) >= 11 is 0. The summed E-state index contributed by atoms with van der Waals surface area (Å²) in [6.45, 7) is 15.1. The molecule has 0 aliphatic carbocycles. The van der Waals surface area contributed by atoms with E-state index in [0.717, 1.165) is 78.0 Å². The Kier molecular flexibility index (Phi) is 34.3. The molecule has 10 nitrogen and oxygen atoms in total. The summed E-state index contributed by atoms with van der Waals surface area (Å²) in [7, 11) is 5.04. The minimum atomic E-state index is -0.492. The van der Waals surface area contributed by atoms with Crippen LogP contribution in [-0.2, 0) is 14.2 Å². The van der Waals surface area contributed by atoms with E-state index in [-0.39, 0.29) is 23.0 Å². The molecule has 7 N–H and O–H groups in total. The van der Waals surface area contributed by atoms with Crippen LogP contribution in [0.25, 0.3) is 33.4 Å². The van der Waals surface area contributed by atoms with E-state index < -0.39 is 5.92 Å². The van der Waals surface area contributed by atoms with Crippen LogP contribution in [0.1, 0.15) is 83.4 Å². The third-order valence-corrected chi connectivity index (χ3v) is 8.97. The Labute approximate surface area is 389 Å². The van der Waals surface area contributed by atoms with E-state index in [1.54, 1.807) is 57.7 Å². The number of phenolic OH excluding ortho intramolecular Hbond substituents is 4. The van der Waals surface area contributed by atoms with Crippen LogP contribution in [0.3, 0.4) is 0 Å². The number of hydrogen-bond donors (Lipinski definition) is 7. The zero-order chi connectivity index (χ0) is 48.8. The second kappa shape index (κ2) is 37.6. The molecule has 0 spiro atoms. The first-order valence-electron chi connectivity index (χ1n) is 22.1. The third-order valence-electron chi connectivity index (χ3n) is 8.97. The molecular formula is C55H76O10. The number of hydrogen-bond acceptors (Lipinski definition) is 10. The van der Waals surface area contributed by atoms with Crippen molar-refractivity contribution in [1.29, 1.82) is 0 Å². The molecule has 0 bridgehead atoms. The van der Waals surface area contributed by atoms with Gasteiger partial charge in [0.2, 0.25) is 0 Å². The van der Waals surface area contributed by atoms with Crippen LogP contribution < -0.4 is 0 Å². The second-order valence-electron chi connectivity index (χ2n) is 14.0. The lowest BCUT2D eigenvalue weighted by atomic mass is 9.81. The van der Waals surface area contributed by atoms with Crippen LogP contribution in [0.5, 0.6) is 23.0 Å². The average molecular weight is 897 g/mol. The van der Waals surface area contributed by atoms with E-state index in [2.05, 4.69) is 38.5 Å². The molecule has 0 saturated heterocycles. The summed E-state index contributed by atoms with van der Waals surface area (Å²) in [5, 5.41) is 65.6. The van der Waals surface area contributed by atoms with Crippen LogP contribution in [0.15, 0.2) is 140 Å². The van der Waals surface area contributed by atoms with Crippen LogP contribution in [0.4, 0.5) is 0 Å². The van der Waals surface area contributed by atoms with Crippen molar-refractivity contribution < 1.29 is 50.0 Å². The highest BCUT2D eigenvalue weighted by Gasteiger charge is 2.24. The zero-order valence-electron chi connectivity index (χ0n) is 40.1. The molecule has 0 atom stereocenters. The molecular weight excluding hydrogens is 821 g/mol. The van der Waals surface area contributed by atoms with Gasteiger partial charge in [0.05, 0.1) is 0 Å². The van der Waals surface area contributed by atoms with Crippen molar-refractivity contribution in [3.05, 3.63) is 156 Å². The lowest BCUT2D eigenvalue weighted by molar-refractivity contribution is 0.215. The first kappa shape index (κ1) is 59.3. The van der Waals surface area contributed by atoms with Gasteiger partial charge in [0.25, 0.3) is 0 Å². The van der Waals surface area contributed by atoms with E-state index in [9.17, 15) is 20.4 Å². The standard InChI is InChI=1S/C37H28O4.6C3H8O/c38-31-16-10-26(11-17-31)29-14-20-35(40)33(22-29)37(28-8-6-25(7-9-28)24-4-2-1-3-5-24)34-23-30(15-21-36(34)41)27-12-18-32(39)19-13-27;3*1-3-4-2;3*1-2-3-4/h1-23,37-41H;3*3H2,1-2H3;3*4H,2-3H2,1H3. The topological polar surface area (TPSA) is 169 Å². The van der Waals surface area contributed by atoms with E-state index in [1.807, 2.05) is 120 Å². The fraction of sp³-hybridized carbons (Fsp3) is 0.345. The molecule has 6 aromatic carbocycles. The van der Waals surface area contributed by atoms with Gasteiger partial charge in [-0.25, -0.2) is 0 Å². The van der Waals surface area contributed by atoms with E-state index >= 15 is 0 Å². The summed E-state index contributed by atoms with van der Waals surface area (Å²) in [6, 6.07) is 43.1. The molecule has 0 amide bonds. The molecule has 10 heteroatoms. The smallest absolute Gasteiger partial charge is 0.119 e. The molecule has 0 heterocycles. The van der Waals surface area contributed by atoms with Crippen molar-refractivity contribution in [3.8, 4) is 56.4 Å². The normalized spacial score (nSPS) is 9.74. The molecule has 0 unspecified atom stereocenters. The van der Waals surface area contributed by atoms with Gasteiger partial charge in [-0.1, -0.05) is 112 Å². The van der Waals surface area contributed by atoms with E-state index in [4.69, 9.17) is 15.3 Å². The zero-order valence-corrected chi connectivity index (χ0v) is 40.1. The Morgan fingerprint density at radius 3 is 0.923 bits per heavy atom. The van der Waals surface area contributed by atoms with Gasteiger partial charge in [0.1, 0.15) is 23.0 Å². The molecule has 65 heavy (non-hydrogen) atoms. The molecule has 356 valence electrons. The van der Waals surface area contributed by atoms with Gasteiger partial charge < -0.3 is 50.0 Å². The Morgan fingerprint density at radius 2 is 0.631 bits per heavy atom. The highest BCUT2D eigenvalue weighted by atomic mass is 16.5. The minimum absolute atomic E-state index is 0.110. The van der Waals surface area contributed by atoms with Crippen LogP contribution >= 0.6 is 0 Å². The molecule has 0 fully saturated rings. The van der Waals surface area contributed by atoms with Gasteiger partial charge in [0, 0.05) is 78.0 Å². The highest BCUT2D eigenvalue weighted by Crippen LogP contribution is 2.44. The lowest BCUT2D eigenvalue weighted by Crippen LogP contribution is -2.05. The molecule has 6 rings (SSSR count).